The Labute approximate surface area is 133 Å². The van der Waals surface area contributed by atoms with Gasteiger partial charge in [-0.3, -0.25) is 9.59 Å². The molecule has 1 saturated heterocycles. The molecule has 0 atom stereocenters. The van der Waals surface area contributed by atoms with Gasteiger partial charge in [0.15, 0.2) is 0 Å². The van der Waals surface area contributed by atoms with Crippen molar-refractivity contribution in [2.75, 3.05) is 26.2 Å². The van der Waals surface area contributed by atoms with E-state index >= 15 is 0 Å². The average molecular weight is 309 g/mol. The normalized spacial score (nSPS) is 14.4. The molecule has 1 aliphatic rings. The van der Waals surface area contributed by atoms with Crippen LogP contribution in [0.2, 0.25) is 0 Å². The van der Waals surface area contributed by atoms with Crippen LogP contribution in [0.3, 0.4) is 0 Å². The zero-order valence-corrected chi connectivity index (χ0v) is 12.4. The molecule has 2 aromatic rings. The molecule has 0 radical (unpaired) electrons. The van der Waals surface area contributed by atoms with Gasteiger partial charge in [0, 0.05) is 31.7 Å². The number of carbonyl (C=O) groups is 2. The molecule has 3 rings (SSSR count). The van der Waals surface area contributed by atoms with E-state index in [1.807, 2.05) is 6.07 Å². The van der Waals surface area contributed by atoms with Gasteiger partial charge in [-0.25, -0.2) is 0 Å². The van der Waals surface area contributed by atoms with E-state index in [0.717, 1.165) is 0 Å². The molecule has 0 unspecified atom stereocenters. The zero-order valence-electron chi connectivity index (χ0n) is 12.4. The highest BCUT2D eigenvalue weighted by atomic mass is 16.3. The summed E-state index contributed by atoms with van der Waals surface area (Å²) >= 11 is 0. The number of hydrogen-bond acceptors (Lipinski definition) is 4. The number of carbonyl (C=O) groups excluding carboxylic acids is 2. The van der Waals surface area contributed by atoms with Crippen LogP contribution in [0.5, 0.6) is 0 Å². The van der Waals surface area contributed by atoms with Crippen LogP contribution in [0, 0.1) is 11.3 Å². The fourth-order valence-electron chi connectivity index (χ4n) is 2.59. The number of hydrogen-bond donors (Lipinski definition) is 0. The summed E-state index contributed by atoms with van der Waals surface area (Å²) in [5, 5.41) is 8.91. The molecule has 0 N–H and O–H groups in total. The van der Waals surface area contributed by atoms with Crippen molar-refractivity contribution >= 4 is 11.8 Å². The van der Waals surface area contributed by atoms with E-state index in [2.05, 4.69) is 0 Å². The fourth-order valence-corrected chi connectivity index (χ4v) is 2.59. The summed E-state index contributed by atoms with van der Waals surface area (Å²) in [6.45, 7) is 1.90. The number of nitriles is 1. The minimum Gasteiger partial charge on any atom is -0.472 e. The highest BCUT2D eigenvalue weighted by Crippen LogP contribution is 2.13. The minimum atomic E-state index is -0.113. The molecule has 0 spiro atoms. The minimum absolute atomic E-state index is 0.0858. The van der Waals surface area contributed by atoms with E-state index in [-0.39, 0.29) is 11.8 Å². The van der Waals surface area contributed by atoms with Gasteiger partial charge in [-0.15, -0.1) is 0 Å². The Kier molecular flexibility index (Phi) is 4.11. The van der Waals surface area contributed by atoms with Gasteiger partial charge in [-0.2, -0.15) is 5.26 Å². The lowest BCUT2D eigenvalue weighted by Crippen LogP contribution is -2.50. The van der Waals surface area contributed by atoms with Crippen LogP contribution in [-0.4, -0.2) is 47.8 Å². The molecule has 1 fully saturated rings. The molecule has 1 aromatic heterocycles. The maximum atomic E-state index is 12.5. The Morgan fingerprint density at radius 3 is 2.22 bits per heavy atom. The fraction of sp³-hybridized carbons (Fsp3) is 0.235. The number of rotatable bonds is 2. The monoisotopic (exact) mass is 309 g/mol. The van der Waals surface area contributed by atoms with Crippen LogP contribution < -0.4 is 0 Å². The maximum absolute atomic E-state index is 12.5. The van der Waals surface area contributed by atoms with Gasteiger partial charge in [0.2, 0.25) is 0 Å². The van der Waals surface area contributed by atoms with Crippen LogP contribution in [-0.2, 0) is 0 Å². The summed E-state index contributed by atoms with van der Waals surface area (Å²) in [7, 11) is 0. The second kappa shape index (κ2) is 6.36. The number of nitrogens with zero attached hydrogens (tertiary/aromatic N) is 3. The Balaban J connectivity index is 1.63. The van der Waals surface area contributed by atoms with E-state index < -0.39 is 0 Å². The smallest absolute Gasteiger partial charge is 0.257 e. The Morgan fingerprint density at radius 1 is 1.00 bits per heavy atom. The molecule has 0 aliphatic carbocycles. The number of amides is 2. The van der Waals surface area contributed by atoms with Crippen molar-refractivity contribution in [1.29, 1.82) is 5.26 Å². The van der Waals surface area contributed by atoms with Crippen LogP contribution in [0.15, 0.2) is 47.3 Å². The number of furan rings is 1. The molecule has 23 heavy (non-hydrogen) atoms. The lowest BCUT2D eigenvalue weighted by molar-refractivity contribution is 0.0535. The van der Waals surface area contributed by atoms with Gasteiger partial charge in [-0.1, -0.05) is 6.07 Å². The first-order valence-electron chi connectivity index (χ1n) is 7.30. The lowest BCUT2D eigenvalue weighted by atomic mass is 10.1. The van der Waals surface area contributed by atoms with E-state index in [4.69, 9.17) is 9.68 Å². The van der Waals surface area contributed by atoms with Crippen molar-refractivity contribution in [3.8, 4) is 6.07 Å². The Bertz CT molecular complexity index is 754. The third-order valence-electron chi connectivity index (χ3n) is 3.86. The average Bonchev–Trinajstić information content (AvgIpc) is 3.15. The van der Waals surface area contributed by atoms with E-state index in [1.165, 1.54) is 12.5 Å². The summed E-state index contributed by atoms with van der Waals surface area (Å²) in [4.78, 5) is 28.1. The molecule has 0 bridgehead atoms. The van der Waals surface area contributed by atoms with Crippen molar-refractivity contribution in [3.63, 3.8) is 0 Å². The topological polar surface area (TPSA) is 77.5 Å². The largest absolute Gasteiger partial charge is 0.472 e. The first kappa shape index (κ1) is 14.9. The third kappa shape index (κ3) is 3.09. The molecular weight excluding hydrogens is 294 g/mol. The van der Waals surface area contributed by atoms with Gasteiger partial charge in [0.25, 0.3) is 11.8 Å². The third-order valence-corrected chi connectivity index (χ3v) is 3.86. The highest BCUT2D eigenvalue weighted by Gasteiger charge is 2.25. The van der Waals surface area contributed by atoms with Crippen molar-refractivity contribution in [2.24, 2.45) is 0 Å². The second-order valence-corrected chi connectivity index (χ2v) is 5.29. The summed E-state index contributed by atoms with van der Waals surface area (Å²) in [5.41, 5.74) is 1.48. The van der Waals surface area contributed by atoms with Crippen LogP contribution in [0.4, 0.5) is 0 Å². The maximum Gasteiger partial charge on any atom is 0.257 e. The van der Waals surface area contributed by atoms with Crippen molar-refractivity contribution < 1.29 is 14.0 Å². The molecule has 0 saturated carbocycles. The standard InChI is InChI=1S/C17H15N3O3/c18-11-13-2-1-3-14(10-13)16(21)19-5-7-20(8-6-19)17(22)15-4-9-23-12-15/h1-4,9-10,12H,5-8H2. The molecule has 2 heterocycles. The van der Waals surface area contributed by atoms with E-state index in [9.17, 15) is 9.59 Å². The zero-order chi connectivity index (χ0) is 16.2. The molecule has 116 valence electrons. The van der Waals surface area contributed by atoms with Gasteiger partial charge < -0.3 is 14.2 Å². The first-order chi connectivity index (χ1) is 11.2. The van der Waals surface area contributed by atoms with Gasteiger partial charge in [0.1, 0.15) is 6.26 Å². The van der Waals surface area contributed by atoms with Gasteiger partial charge in [-0.05, 0) is 24.3 Å². The molecule has 6 nitrogen and oxygen atoms in total. The van der Waals surface area contributed by atoms with Crippen molar-refractivity contribution in [1.82, 2.24) is 9.80 Å². The molecular formula is C17H15N3O3. The van der Waals surface area contributed by atoms with Gasteiger partial charge in [0.05, 0.1) is 23.5 Å². The van der Waals surface area contributed by atoms with Crippen LogP contribution >= 0.6 is 0 Å². The molecule has 6 heteroatoms. The quantitative estimate of drug-likeness (QED) is 0.846. The molecule has 2 amide bonds. The first-order valence-corrected chi connectivity index (χ1v) is 7.30. The second-order valence-electron chi connectivity index (χ2n) is 5.29. The number of piperazine rings is 1. The van der Waals surface area contributed by atoms with Crippen molar-refractivity contribution in [3.05, 3.63) is 59.5 Å². The van der Waals surface area contributed by atoms with Crippen molar-refractivity contribution in [2.45, 2.75) is 0 Å². The van der Waals surface area contributed by atoms with Crippen LogP contribution in [0.25, 0.3) is 0 Å². The predicted octanol–water partition coefficient (Wildman–Crippen LogP) is 1.75. The van der Waals surface area contributed by atoms with E-state index in [0.29, 0.717) is 42.9 Å². The van der Waals surface area contributed by atoms with E-state index in [1.54, 1.807) is 40.1 Å². The number of benzene rings is 1. The SMILES string of the molecule is N#Cc1cccc(C(=O)N2CCN(C(=O)c3ccoc3)CC2)c1. The highest BCUT2D eigenvalue weighted by molar-refractivity contribution is 5.96. The molecule has 1 aromatic carbocycles. The molecule has 1 aliphatic heterocycles. The lowest BCUT2D eigenvalue weighted by Gasteiger charge is -2.34. The summed E-state index contributed by atoms with van der Waals surface area (Å²) in [6.07, 6.45) is 2.89. The van der Waals surface area contributed by atoms with Crippen LogP contribution in [0.1, 0.15) is 26.3 Å². The summed E-state index contributed by atoms with van der Waals surface area (Å²) in [6, 6.07) is 10.3. The summed E-state index contributed by atoms with van der Waals surface area (Å²) in [5.74, 6) is -0.199. The predicted molar refractivity (Wildman–Crippen MR) is 81.7 cm³/mol. The van der Waals surface area contributed by atoms with Gasteiger partial charge >= 0.3 is 0 Å². The Hall–Kier alpha value is -3.07. The Morgan fingerprint density at radius 2 is 1.65 bits per heavy atom. The summed E-state index contributed by atoms with van der Waals surface area (Å²) < 4.78 is 4.93.